The molecule has 1 aliphatic heterocycles. The maximum atomic E-state index is 11.8. The second kappa shape index (κ2) is 5.30. The van der Waals surface area contributed by atoms with E-state index in [4.69, 9.17) is 9.84 Å². The van der Waals surface area contributed by atoms with Gasteiger partial charge in [0.2, 0.25) is 5.91 Å². The molecule has 0 saturated carbocycles. The van der Waals surface area contributed by atoms with Crippen molar-refractivity contribution in [2.75, 3.05) is 19.8 Å². The fraction of sp³-hybridized carbons (Fsp3) is 0.818. The molecule has 1 aliphatic rings. The zero-order valence-electron chi connectivity index (χ0n) is 9.86. The number of carbonyl (C=O) groups excluding carboxylic acids is 1. The molecule has 1 N–H and O–H groups in total. The van der Waals surface area contributed by atoms with Crippen LogP contribution in [0, 0.1) is 0 Å². The van der Waals surface area contributed by atoms with E-state index >= 15 is 0 Å². The van der Waals surface area contributed by atoms with Gasteiger partial charge in [-0.2, -0.15) is 0 Å². The first-order valence-corrected chi connectivity index (χ1v) is 5.64. The Balaban J connectivity index is 2.58. The van der Waals surface area contributed by atoms with Gasteiger partial charge in [0.25, 0.3) is 0 Å². The number of rotatable bonds is 5. The molecule has 16 heavy (non-hydrogen) atoms. The number of amides is 1. The molecule has 0 aromatic heterocycles. The van der Waals surface area contributed by atoms with Crippen LogP contribution in [0.2, 0.25) is 0 Å². The summed E-state index contributed by atoms with van der Waals surface area (Å²) in [6.07, 6.45) is 2.10. The van der Waals surface area contributed by atoms with Gasteiger partial charge in [0.1, 0.15) is 12.1 Å². The van der Waals surface area contributed by atoms with Crippen molar-refractivity contribution in [3.8, 4) is 0 Å². The lowest BCUT2D eigenvalue weighted by atomic mass is 9.99. The standard InChI is InChI=1S/C11H19NO4/c1-3-7-16-8-9(13)12-6-4-5-11(12,2)10(14)15/h3-8H2,1-2H3,(H,14,15). The number of carbonyl (C=O) groups is 2. The van der Waals surface area contributed by atoms with Crippen LogP contribution >= 0.6 is 0 Å². The molecule has 0 aromatic rings. The Labute approximate surface area is 95.4 Å². The molecule has 1 fully saturated rings. The summed E-state index contributed by atoms with van der Waals surface area (Å²) in [5.41, 5.74) is -1.05. The van der Waals surface area contributed by atoms with Gasteiger partial charge in [-0.3, -0.25) is 4.79 Å². The lowest BCUT2D eigenvalue weighted by Gasteiger charge is -2.31. The zero-order valence-corrected chi connectivity index (χ0v) is 9.86. The van der Waals surface area contributed by atoms with Gasteiger partial charge in [-0.15, -0.1) is 0 Å². The molecule has 0 spiro atoms. The molecule has 0 radical (unpaired) electrons. The van der Waals surface area contributed by atoms with Crippen LogP contribution in [-0.2, 0) is 14.3 Å². The normalized spacial score (nSPS) is 24.8. The fourth-order valence-electron chi connectivity index (χ4n) is 1.97. The number of likely N-dealkylation sites (tertiary alicyclic amines) is 1. The van der Waals surface area contributed by atoms with Gasteiger partial charge >= 0.3 is 5.97 Å². The Morgan fingerprint density at radius 3 is 2.75 bits per heavy atom. The summed E-state index contributed by atoms with van der Waals surface area (Å²) < 4.78 is 5.15. The highest BCUT2D eigenvalue weighted by Crippen LogP contribution is 2.29. The summed E-state index contributed by atoms with van der Waals surface area (Å²) >= 11 is 0. The van der Waals surface area contributed by atoms with Gasteiger partial charge in [-0.05, 0) is 26.2 Å². The van der Waals surface area contributed by atoms with Crippen molar-refractivity contribution >= 4 is 11.9 Å². The second-order valence-corrected chi connectivity index (χ2v) is 4.28. The van der Waals surface area contributed by atoms with E-state index in [-0.39, 0.29) is 12.5 Å². The summed E-state index contributed by atoms with van der Waals surface area (Å²) in [4.78, 5) is 24.3. The first kappa shape index (κ1) is 13.0. The quantitative estimate of drug-likeness (QED) is 0.711. The van der Waals surface area contributed by atoms with Crippen molar-refractivity contribution in [1.82, 2.24) is 4.90 Å². The molecular weight excluding hydrogens is 210 g/mol. The predicted octanol–water partition coefficient (Wildman–Crippen LogP) is 0.879. The summed E-state index contributed by atoms with van der Waals surface area (Å²) in [5.74, 6) is -1.16. The average Bonchev–Trinajstić information content (AvgIpc) is 2.62. The molecule has 1 unspecified atom stereocenters. The highest BCUT2D eigenvalue weighted by atomic mass is 16.5. The Morgan fingerprint density at radius 1 is 1.50 bits per heavy atom. The average molecular weight is 229 g/mol. The van der Waals surface area contributed by atoms with Crippen LogP contribution in [-0.4, -0.2) is 47.2 Å². The van der Waals surface area contributed by atoms with Gasteiger partial charge < -0.3 is 14.7 Å². The zero-order chi connectivity index (χ0) is 12.2. The van der Waals surface area contributed by atoms with Crippen LogP contribution < -0.4 is 0 Å². The van der Waals surface area contributed by atoms with Crippen molar-refractivity contribution in [3.05, 3.63) is 0 Å². The Morgan fingerprint density at radius 2 is 2.19 bits per heavy atom. The van der Waals surface area contributed by atoms with Gasteiger partial charge in [0.15, 0.2) is 0 Å². The predicted molar refractivity (Wildman–Crippen MR) is 58.1 cm³/mol. The van der Waals surface area contributed by atoms with Crippen molar-refractivity contribution < 1.29 is 19.4 Å². The maximum Gasteiger partial charge on any atom is 0.329 e. The van der Waals surface area contributed by atoms with E-state index in [0.29, 0.717) is 19.6 Å². The van der Waals surface area contributed by atoms with Crippen molar-refractivity contribution in [2.24, 2.45) is 0 Å². The van der Waals surface area contributed by atoms with Crippen LogP contribution in [0.15, 0.2) is 0 Å². The Hall–Kier alpha value is -1.10. The van der Waals surface area contributed by atoms with Gasteiger partial charge in [0.05, 0.1) is 0 Å². The van der Waals surface area contributed by atoms with Crippen LogP contribution in [0.25, 0.3) is 0 Å². The lowest BCUT2D eigenvalue weighted by molar-refractivity contribution is -0.157. The number of carboxylic acids is 1. The van der Waals surface area contributed by atoms with Crippen molar-refractivity contribution in [2.45, 2.75) is 38.6 Å². The number of hydrogen-bond donors (Lipinski definition) is 1. The molecule has 0 aliphatic carbocycles. The van der Waals surface area contributed by atoms with E-state index in [2.05, 4.69) is 0 Å². The first-order valence-electron chi connectivity index (χ1n) is 5.64. The first-order chi connectivity index (χ1) is 7.52. The van der Waals surface area contributed by atoms with E-state index < -0.39 is 11.5 Å². The third-order valence-electron chi connectivity index (χ3n) is 2.98. The third-order valence-corrected chi connectivity index (χ3v) is 2.98. The van der Waals surface area contributed by atoms with Crippen molar-refractivity contribution in [3.63, 3.8) is 0 Å². The van der Waals surface area contributed by atoms with E-state index in [1.54, 1.807) is 6.92 Å². The minimum absolute atomic E-state index is 0.0172. The number of carboxylic acid groups (broad SMARTS) is 1. The lowest BCUT2D eigenvalue weighted by Crippen LogP contribution is -2.51. The summed E-state index contributed by atoms with van der Waals surface area (Å²) in [6.45, 7) is 4.58. The summed E-state index contributed by atoms with van der Waals surface area (Å²) in [5, 5.41) is 9.13. The Bertz CT molecular complexity index is 279. The van der Waals surface area contributed by atoms with Crippen LogP contribution in [0.3, 0.4) is 0 Å². The summed E-state index contributed by atoms with van der Waals surface area (Å²) in [6, 6.07) is 0. The molecule has 5 heteroatoms. The van der Waals surface area contributed by atoms with Gasteiger partial charge in [-0.1, -0.05) is 6.92 Å². The third kappa shape index (κ3) is 2.52. The van der Waals surface area contributed by atoms with Gasteiger partial charge in [0, 0.05) is 13.2 Å². The summed E-state index contributed by atoms with van der Waals surface area (Å²) in [7, 11) is 0. The molecule has 1 heterocycles. The van der Waals surface area contributed by atoms with E-state index in [1.807, 2.05) is 6.92 Å². The molecule has 1 saturated heterocycles. The van der Waals surface area contributed by atoms with E-state index in [0.717, 1.165) is 12.8 Å². The van der Waals surface area contributed by atoms with Gasteiger partial charge in [-0.25, -0.2) is 4.79 Å². The molecule has 5 nitrogen and oxygen atoms in total. The minimum atomic E-state index is -1.05. The monoisotopic (exact) mass is 229 g/mol. The van der Waals surface area contributed by atoms with E-state index in [9.17, 15) is 9.59 Å². The molecule has 1 amide bonds. The maximum absolute atomic E-state index is 11.8. The van der Waals surface area contributed by atoms with Crippen LogP contribution in [0.5, 0.6) is 0 Å². The molecule has 1 rings (SSSR count). The second-order valence-electron chi connectivity index (χ2n) is 4.28. The smallest absolute Gasteiger partial charge is 0.329 e. The highest BCUT2D eigenvalue weighted by molar-refractivity contribution is 5.87. The van der Waals surface area contributed by atoms with E-state index in [1.165, 1.54) is 4.90 Å². The molecule has 0 aromatic carbocycles. The number of aliphatic carboxylic acids is 1. The molecule has 0 bridgehead atoms. The number of ether oxygens (including phenoxy) is 1. The fourth-order valence-corrected chi connectivity index (χ4v) is 1.97. The largest absolute Gasteiger partial charge is 0.480 e. The molecule has 1 atom stereocenters. The number of nitrogens with zero attached hydrogens (tertiary/aromatic N) is 1. The Kier molecular flexibility index (Phi) is 4.29. The SMILES string of the molecule is CCCOCC(=O)N1CCCC1(C)C(=O)O. The van der Waals surface area contributed by atoms with Crippen LogP contribution in [0.4, 0.5) is 0 Å². The number of hydrogen-bond acceptors (Lipinski definition) is 3. The minimum Gasteiger partial charge on any atom is -0.480 e. The van der Waals surface area contributed by atoms with Crippen molar-refractivity contribution in [1.29, 1.82) is 0 Å². The topological polar surface area (TPSA) is 66.8 Å². The molecular formula is C11H19NO4. The molecule has 92 valence electrons. The highest BCUT2D eigenvalue weighted by Gasteiger charge is 2.45. The van der Waals surface area contributed by atoms with Crippen LogP contribution in [0.1, 0.15) is 33.1 Å².